The summed E-state index contributed by atoms with van der Waals surface area (Å²) in [5.74, 6) is 0.679. The molecule has 0 heterocycles. The highest BCUT2D eigenvalue weighted by Gasteiger charge is 2.03. The molecule has 1 N–H and O–H groups in total. The van der Waals surface area contributed by atoms with E-state index in [4.69, 9.17) is 27.9 Å². The first kappa shape index (κ1) is 14.6. The zero-order valence-electron chi connectivity index (χ0n) is 10.2. The Hall–Kier alpha value is -0.480. The van der Waals surface area contributed by atoms with Gasteiger partial charge < -0.3 is 15.0 Å². The second-order valence-corrected chi connectivity index (χ2v) is 4.67. The van der Waals surface area contributed by atoms with Crippen LogP contribution in [0.5, 0.6) is 5.75 Å². The summed E-state index contributed by atoms with van der Waals surface area (Å²) in [5, 5.41) is 4.27. The molecule has 0 bridgehead atoms. The van der Waals surface area contributed by atoms with Crippen molar-refractivity contribution >= 4 is 23.2 Å². The minimum absolute atomic E-state index is 0.551. The van der Waals surface area contributed by atoms with E-state index in [9.17, 15) is 0 Å². The number of halogens is 2. The fraction of sp³-hybridized carbons (Fsp3) is 0.500. The smallest absolute Gasteiger partial charge is 0.138 e. The zero-order chi connectivity index (χ0) is 12.7. The molecule has 0 spiro atoms. The summed E-state index contributed by atoms with van der Waals surface area (Å²) < 4.78 is 5.59. The predicted octanol–water partition coefficient (Wildman–Crippen LogP) is 2.52. The van der Waals surface area contributed by atoms with Crippen LogP contribution in [0.3, 0.4) is 0 Å². The van der Waals surface area contributed by atoms with Gasteiger partial charge in [0.25, 0.3) is 0 Å². The van der Waals surface area contributed by atoms with Crippen molar-refractivity contribution in [2.45, 2.75) is 0 Å². The lowest BCUT2D eigenvalue weighted by atomic mass is 10.3. The van der Waals surface area contributed by atoms with E-state index in [0.717, 1.165) is 19.6 Å². The van der Waals surface area contributed by atoms with Crippen LogP contribution < -0.4 is 10.1 Å². The number of rotatable bonds is 7. The molecule has 0 aliphatic rings. The lowest BCUT2D eigenvalue weighted by molar-refractivity contribution is 0.238. The molecule has 0 aliphatic carbocycles. The summed E-state index contributed by atoms with van der Waals surface area (Å²) in [6.07, 6.45) is 0. The van der Waals surface area contributed by atoms with Gasteiger partial charge in [-0.05, 0) is 32.3 Å². The minimum atomic E-state index is 0.551. The highest BCUT2D eigenvalue weighted by Crippen LogP contribution is 2.27. The van der Waals surface area contributed by atoms with E-state index in [-0.39, 0.29) is 0 Å². The van der Waals surface area contributed by atoms with E-state index in [1.54, 1.807) is 18.2 Å². The molecule has 1 aromatic carbocycles. The second-order valence-electron chi connectivity index (χ2n) is 3.83. The number of hydrogen-bond donors (Lipinski definition) is 1. The lowest BCUT2D eigenvalue weighted by Gasteiger charge is -2.16. The van der Waals surface area contributed by atoms with Gasteiger partial charge in [0.2, 0.25) is 0 Å². The molecule has 0 fully saturated rings. The van der Waals surface area contributed by atoms with Gasteiger partial charge in [0, 0.05) is 24.7 Å². The van der Waals surface area contributed by atoms with Crippen molar-refractivity contribution in [2.24, 2.45) is 0 Å². The summed E-state index contributed by atoms with van der Waals surface area (Å²) in [4.78, 5) is 2.19. The van der Waals surface area contributed by atoms with Crippen LogP contribution in [0.2, 0.25) is 10.0 Å². The molecule has 96 valence electrons. The predicted molar refractivity (Wildman–Crippen MR) is 73.4 cm³/mol. The first-order valence-corrected chi connectivity index (χ1v) is 6.30. The molecule has 0 saturated carbocycles. The van der Waals surface area contributed by atoms with Crippen molar-refractivity contribution in [1.82, 2.24) is 10.2 Å². The van der Waals surface area contributed by atoms with Gasteiger partial charge in [-0.15, -0.1) is 0 Å². The Labute approximate surface area is 113 Å². The van der Waals surface area contributed by atoms with E-state index in [1.165, 1.54) is 0 Å². The number of nitrogens with one attached hydrogen (secondary N) is 1. The Morgan fingerprint density at radius 3 is 2.71 bits per heavy atom. The quantitative estimate of drug-likeness (QED) is 0.829. The highest BCUT2D eigenvalue weighted by molar-refractivity contribution is 6.35. The number of likely N-dealkylation sites (N-methyl/N-ethyl adjacent to an activating group) is 2. The molecule has 1 aromatic rings. The van der Waals surface area contributed by atoms with Crippen molar-refractivity contribution in [3.63, 3.8) is 0 Å². The second kappa shape index (κ2) is 7.77. The number of hydrogen-bond acceptors (Lipinski definition) is 3. The Morgan fingerprint density at radius 2 is 2.06 bits per heavy atom. The monoisotopic (exact) mass is 276 g/mol. The van der Waals surface area contributed by atoms with Crippen molar-refractivity contribution in [2.75, 3.05) is 40.3 Å². The van der Waals surface area contributed by atoms with Gasteiger partial charge >= 0.3 is 0 Å². The van der Waals surface area contributed by atoms with E-state index < -0.39 is 0 Å². The van der Waals surface area contributed by atoms with Crippen molar-refractivity contribution in [3.8, 4) is 5.75 Å². The van der Waals surface area contributed by atoms with Crippen LogP contribution in [0.1, 0.15) is 0 Å². The Morgan fingerprint density at radius 1 is 1.29 bits per heavy atom. The molecule has 0 amide bonds. The summed E-state index contributed by atoms with van der Waals surface area (Å²) >= 11 is 11.8. The van der Waals surface area contributed by atoms with Gasteiger partial charge in [-0.3, -0.25) is 0 Å². The maximum absolute atomic E-state index is 6.00. The fourth-order valence-corrected chi connectivity index (χ4v) is 1.78. The van der Waals surface area contributed by atoms with Gasteiger partial charge in [0.05, 0.1) is 5.02 Å². The first-order chi connectivity index (χ1) is 8.13. The first-order valence-electron chi connectivity index (χ1n) is 5.54. The molecular weight excluding hydrogens is 259 g/mol. The summed E-state index contributed by atoms with van der Waals surface area (Å²) in [6.45, 7) is 3.44. The molecule has 0 aliphatic heterocycles. The lowest BCUT2D eigenvalue weighted by Crippen LogP contribution is -2.30. The van der Waals surface area contributed by atoms with Crippen LogP contribution >= 0.6 is 23.2 Å². The molecule has 0 radical (unpaired) electrons. The van der Waals surface area contributed by atoms with Crippen molar-refractivity contribution < 1.29 is 4.74 Å². The minimum Gasteiger partial charge on any atom is -0.491 e. The summed E-state index contributed by atoms with van der Waals surface area (Å²) in [6, 6.07) is 5.24. The highest BCUT2D eigenvalue weighted by atomic mass is 35.5. The molecule has 0 saturated heterocycles. The molecule has 17 heavy (non-hydrogen) atoms. The van der Waals surface area contributed by atoms with Crippen molar-refractivity contribution in [3.05, 3.63) is 28.2 Å². The van der Waals surface area contributed by atoms with Crippen LogP contribution in [0, 0.1) is 0 Å². The summed E-state index contributed by atoms with van der Waals surface area (Å²) in [7, 11) is 4.00. The largest absolute Gasteiger partial charge is 0.491 e. The molecule has 0 unspecified atom stereocenters. The molecule has 1 rings (SSSR count). The van der Waals surface area contributed by atoms with Crippen LogP contribution in [0.4, 0.5) is 0 Å². The van der Waals surface area contributed by atoms with Crippen LogP contribution in [0.15, 0.2) is 18.2 Å². The standard InChI is InChI=1S/C12H18Cl2N2O/c1-15-5-6-16(2)7-8-17-12-4-3-10(13)9-11(12)14/h3-4,9,15H,5-8H2,1-2H3. The Kier molecular flexibility index (Phi) is 6.66. The average molecular weight is 277 g/mol. The van der Waals surface area contributed by atoms with Crippen LogP contribution in [0.25, 0.3) is 0 Å². The fourth-order valence-electron chi connectivity index (χ4n) is 1.32. The maximum atomic E-state index is 6.00. The average Bonchev–Trinajstić information content (AvgIpc) is 2.29. The number of ether oxygens (including phenoxy) is 1. The number of benzene rings is 1. The molecule has 0 atom stereocenters. The zero-order valence-corrected chi connectivity index (χ0v) is 11.7. The maximum Gasteiger partial charge on any atom is 0.138 e. The Balaban J connectivity index is 2.30. The third kappa shape index (κ3) is 5.59. The van der Waals surface area contributed by atoms with Crippen LogP contribution in [-0.2, 0) is 0 Å². The van der Waals surface area contributed by atoms with E-state index in [1.807, 2.05) is 7.05 Å². The Bertz CT molecular complexity index is 347. The van der Waals surface area contributed by atoms with Gasteiger partial charge in [-0.1, -0.05) is 23.2 Å². The van der Waals surface area contributed by atoms with Gasteiger partial charge in [0.15, 0.2) is 0 Å². The van der Waals surface area contributed by atoms with Gasteiger partial charge in [-0.2, -0.15) is 0 Å². The van der Waals surface area contributed by atoms with E-state index in [0.29, 0.717) is 22.4 Å². The van der Waals surface area contributed by atoms with Gasteiger partial charge in [-0.25, -0.2) is 0 Å². The number of nitrogens with zero attached hydrogens (tertiary/aromatic N) is 1. The van der Waals surface area contributed by atoms with Crippen LogP contribution in [-0.4, -0.2) is 45.2 Å². The third-order valence-electron chi connectivity index (χ3n) is 2.37. The molecule has 5 heteroatoms. The summed E-state index contributed by atoms with van der Waals surface area (Å²) in [5.41, 5.74) is 0. The van der Waals surface area contributed by atoms with Gasteiger partial charge in [0.1, 0.15) is 12.4 Å². The molecule has 3 nitrogen and oxygen atoms in total. The molecule has 0 aromatic heterocycles. The normalized spacial score (nSPS) is 10.9. The third-order valence-corrected chi connectivity index (χ3v) is 2.90. The van der Waals surface area contributed by atoms with E-state index >= 15 is 0 Å². The topological polar surface area (TPSA) is 24.5 Å². The van der Waals surface area contributed by atoms with E-state index in [2.05, 4.69) is 17.3 Å². The van der Waals surface area contributed by atoms with Crippen molar-refractivity contribution in [1.29, 1.82) is 0 Å². The molecular formula is C12H18Cl2N2O. The SMILES string of the molecule is CNCCN(C)CCOc1ccc(Cl)cc1Cl.